The van der Waals surface area contributed by atoms with E-state index in [1.807, 2.05) is 89.8 Å². The maximum Gasteiger partial charge on any atom is 0.233 e. The predicted octanol–water partition coefficient (Wildman–Crippen LogP) is 7.89. The summed E-state index contributed by atoms with van der Waals surface area (Å²) in [6.45, 7) is 0.450. The van der Waals surface area contributed by atoms with Gasteiger partial charge in [0.2, 0.25) is 5.91 Å². The Balaban J connectivity index is 1.40. The van der Waals surface area contributed by atoms with Crippen LogP contribution < -0.4 is 9.64 Å². The Labute approximate surface area is 219 Å². The van der Waals surface area contributed by atoms with Crippen LogP contribution in [0.1, 0.15) is 35.6 Å². The lowest BCUT2D eigenvalue weighted by atomic mass is 9.78. The van der Waals surface area contributed by atoms with Gasteiger partial charge in [0.15, 0.2) is 0 Å². The minimum atomic E-state index is -0.232. The number of rotatable bonds is 9. The molecule has 0 radical (unpaired) electrons. The minimum absolute atomic E-state index is 0.119. The number of ether oxygens (including phenoxy) is 1. The number of aryl methyl sites for hydroxylation is 1. The molecule has 182 valence electrons. The molecule has 1 amide bonds. The summed E-state index contributed by atoms with van der Waals surface area (Å²) in [5.74, 6) is 0.521. The predicted molar refractivity (Wildman–Crippen MR) is 144 cm³/mol. The largest absolute Gasteiger partial charge is 0.489 e. The molecule has 1 saturated heterocycles. The fourth-order valence-electron chi connectivity index (χ4n) is 4.85. The number of nitrogens with zero attached hydrogens (tertiary/aromatic N) is 1. The number of para-hydroxylation sites is 1. The second-order valence-corrected chi connectivity index (χ2v) is 9.99. The molecule has 5 heteroatoms. The molecular weight excluding hydrogens is 517 g/mol. The van der Waals surface area contributed by atoms with Gasteiger partial charge in [-0.05, 0) is 66.8 Å². The molecule has 0 saturated carbocycles. The fraction of sp³-hybridized carbons (Fsp3) is 0.194. The number of carbonyl (C=O) groups is 1. The molecule has 0 aliphatic carbocycles. The van der Waals surface area contributed by atoms with Crippen LogP contribution in [0.2, 0.25) is 0 Å². The van der Waals surface area contributed by atoms with Gasteiger partial charge in [0.25, 0.3) is 0 Å². The second kappa shape index (κ2) is 11.1. The molecule has 4 aromatic carbocycles. The number of β-lactam (4-membered cyclic amide) rings is 1. The molecule has 0 bridgehead atoms. The van der Waals surface area contributed by atoms with Crippen LogP contribution in [0.3, 0.4) is 0 Å². The molecule has 1 aliphatic rings. The van der Waals surface area contributed by atoms with E-state index >= 15 is 0 Å². The number of benzene rings is 4. The van der Waals surface area contributed by atoms with Gasteiger partial charge in [-0.1, -0.05) is 82.7 Å². The van der Waals surface area contributed by atoms with Crippen LogP contribution in [0.4, 0.5) is 10.1 Å². The summed E-state index contributed by atoms with van der Waals surface area (Å²) in [5, 5.41) is 0. The van der Waals surface area contributed by atoms with Gasteiger partial charge in [-0.15, -0.1) is 0 Å². The van der Waals surface area contributed by atoms with Gasteiger partial charge in [-0.3, -0.25) is 4.79 Å². The third kappa shape index (κ3) is 5.36. The van der Waals surface area contributed by atoms with E-state index in [0.717, 1.165) is 51.9 Å². The van der Waals surface area contributed by atoms with Crippen LogP contribution in [-0.2, 0) is 17.8 Å². The third-order valence-corrected chi connectivity index (χ3v) is 7.17. The molecule has 1 heterocycles. The van der Waals surface area contributed by atoms with Crippen molar-refractivity contribution >= 4 is 27.5 Å². The summed E-state index contributed by atoms with van der Waals surface area (Å²) in [5.41, 5.74) is 4.06. The van der Waals surface area contributed by atoms with Crippen LogP contribution >= 0.6 is 15.9 Å². The Morgan fingerprint density at radius 3 is 2.25 bits per heavy atom. The van der Waals surface area contributed by atoms with E-state index in [9.17, 15) is 9.18 Å². The van der Waals surface area contributed by atoms with Gasteiger partial charge in [0.1, 0.15) is 18.2 Å². The van der Waals surface area contributed by atoms with Crippen LogP contribution in [0, 0.1) is 11.7 Å². The zero-order valence-corrected chi connectivity index (χ0v) is 21.4. The average molecular weight is 544 g/mol. The summed E-state index contributed by atoms with van der Waals surface area (Å²) in [4.78, 5) is 15.3. The fourth-order valence-corrected chi connectivity index (χ4v) is 5.19. The van der Waals surface area contributed by atoms with Crippen molar-refractivity contribution in [3.05, 3.63) is 130 Å². The van der Waals surface area contributed by atoms with Crippen molar-refractivity contribution in [1.29, 1.82) is 0 Å². The van der Waals surface area contributed by atoms with Crippen molar-refractivity contribution in [3.8, 4) is 5.75 Å². The number of hydrogen-bond donors (Lipinski definition) is 0. The van der Waals surface area contributed by atoms with Gasteiger partial charge in [0, 0.05) is 15.7 Å². The molecule has 1 fully saturated rings. The maximum absolute atomic E-state index is 13.4. The number of hydrogen-bond acceptors (Lipinski definition) is 2. The van der Waals surface area contributed by atoms with E-state index in [0.29, 0.717) is 6.61 Å². The van der Waals surface area contributed by atoms with Crippen LogP contribution in [0.25, 0.3) is 0 Å². The zero-order chi connectivity index (χ0) is 24.9. The average Bonchev–Trinajstić information content (AvgIpc) is 2.91. The summed E-state index contributed by atoms with van der Waals surface area (Å²) in [6, 6.07) is 32.4. The summed E-state index contributed by atoms with van der Waals surface area (Å²) >= 11 is 3.58. The third-order valence-electron chi connectivity index (χ3n) is 6.67. The van der Waals surface area contributed by atoms with Crippen molar-refractivity contribution in [1.82, 2.24) is 0 Å². The normalized spacial score (nSPS) is 17.1. The van der Waals surface area contributed by atoms with Gasteiger partial charge in [-0.2, -0.15) is 0 Å². The SMILES string of the molecule is O=C1[C@H](CCCc2ccc(F)cc2)[C@@H](c2ccc(Br)cc2OCc2ccccc2)N1c1ccccc1. The van der Waals surface area contributed by atoms with Crippen molar-refractivity contribution in [2.24, 2.45) is 5.92 Å². The summed E-state index contributed by atoms with van der Waals surface area (Å²) in [6.07, 6.45) is 2.40. The van der Waals surface area contributed by atoms with E-state index < -0.39 is 0 Å². The van der Waals surface area contributed by atoms with Crippen molar-refractivity contribution < 1.29 is 13.9 Å². The molecule has 36 heavy (non-hydrogen) atoms. The highest BCUT2D eigenvalue weighted by Gasteiger charge is 2.49. The number of anilines is 1. The van der Waals surface area contributed by atoms with Crippen LogP contribution in [0.15, 0.2) is 108 Å². The monoisotopic (exact) mass is 543 g/mol. The van der Waals surface area contributed by atoms with Crippen molar-refractivity contribution in [3.63, 3.8) is 0 Å². The quantitative estimate of drug-likeness (QED) is 0.201. The van der Waals surface area contributed by atoms with E-state index in [-0.39, 0.29) is 23.7 Å². The molecule has 0 spiro atoms. The van der Waals surface area contributed by atoms with Gasteiger partial charge in [0.05, 0.1) is 12.0 Å². The lowest BCUT2D eigenvalue weighted by molar-refractivity contribution is -0.130. The first-order valence-corrected chi connectivity index (χ1v) is 13.0. The van der Waals surface area contributed by atoms with Gasteiger partial charge < -0.3 is 9.64 Å². The lowest BCUT2D eigenvalue weighted by Gasteiger charge is -2.48. The highest BCUT2D eigenvalue weighted by Crippen LogP contribution is 2.48. The molecule has 5 rings (SSSR count). The zero-order valence-electron chi connectivity index (χ0n) is 19.8. The Morgan fingerprint density at radius 1 is 0.833 bits per heavy atom. The van der Waals surface area contributed by atoms with Crippen molar-refractivity contribution in [2.75, 3.05) is 4.90 Å². The van der Waals surface area contributed by atoms with Crippen molar-refractivity contribution in [2.45, 2.75) is 31.9 Å². The van der Waals surface area contributed by atoms with Crippen LogP contribution in [0.5, 0.6) is 5.75 Å². The lowest BCUT2D eigenvalue weighted by Crippen LogP contribution is -2.55. The number of amides is 1. The number of halogens is 2. The molecule has 1 aliphatic heterocycles. The van der Waals surface area contributed by atoms with Crippen LogP contribution in [-0.4, -0.2) is 5.91 Å². The first-order chi connectivity index (χ1) is 17.6. The Morgan fingerprint density at radius 2 is 1.53 bits per heavy atom. The summed E-state index contributed by atoms with van der Waals surface area (Å²) in [7, 11) is 0. The highest BCUT2D eigenvalue weighted by molar-refractivity contribution is 9.10. The summed E-state index contributed by atoms with van der Waals surface area (Å²) < 4.78 is 20.5. The topological polar surface area (TPSA) is 29.5 Å². The van der Waals surface area contributed by atoms with E-state index in [1.165, 1.54) is 12.1 Å². The van der Waals surface area contributed by atoms with E-state index in [1.54, 1.807) is 0 Å². The molecule has 4 aromatic rings. The second-order valence-electron chi connectivity index (χ2n) is 9.07. The Kier molecular flexibility index (Phi) is 7.47. The van der Waals surface area contributed by atoms with E-state index in [2.05, 4.69) is 22.0 Å². The molecule has 0 N–H and O–H groups in total. The maximum atomic E-state index is 13.4. The standard InChI is InChI=1S/C31H27BrFNO2/c32-24-16-19-27(29(20-24)36-21-23-8-3-1-4-9-23)30-28(13-7-10-22-14-17-25(33)18-15-22)31(35)34(30)26-11-5-2-6-12-26/h1-6,8-9,11-12,14-20,28,30H,7,10,13,21H2/t28-,30-/m1/s1. The smallest absolute Gasteiger partial charge is 0.233 e. The molecule has 3 nitrogen and oxygen atoms in total. The molecule has 2 atom stereocenters. The van der Waals surface area contributed by atoms with Gasteiger partial charge >= 0.3 is 0 Å². The van der Waals surface area contributed by atoms with Gasteiger partial charge in [-0.25, -0.2) is 4.39 Å². The molecule has 0 unspecified atom stereocenters. The number of carbonyl (C=O) groups excluding carboxylic acids is 1. The first-order valence-electron chi connectivity index (χ1n) is 12.2. The molecule has 0 aromatic heterocycles. The Hall–Kier alpha value is -3.44. The highest BCUT2D eigenvalue weighted by atomic mass is 79.9. The first kappa shape index (κ1) is 24.3. The van der Waals surface area contributed by atoms with E-state index in [4.69, 9.17) is 4.74 Å². The molecular formula is C31H27BrFNO2. The Bertz CT molecular complexity index is 1310. The minimum Gasteiger partial charge on any atom is -0.489 e.